The molecular weight excluding hydrogens is 252 g/mol. The van der Waals surface area contributed by atoms with E-state index >= 15 is 0 Å². The van der Waals surface area contributed by atoms with Gasteiger partial charge in [-0.05, 0) is 17.4 Å². The zero-order valence-electron chi connectivity index (χ0n) is 12.6. The van der Waals surface area contributed by atoms with Gasteiger partial charge in [-0.15, -0.1) is 0 Å². The quantitative estimate of drug-likeness (QED) is 0.828. The molecule has 0 radical (unpaired) electrons. The minimum Gasteiger partial charge on any atom is -0.380 e. The van der Waals surface area contributed by atoms with Gasteiger partial charge in [0.25, 0.3) is 0 Å². The van der Waals surface area contributed by atoms with Gasteiger partial charge in [-0.25, -0.2) is 0 Å². The average molecular weight is 276 g/mol. The second-order valence-corrected chi connectivity index (χ2v) is 6.22. The van der Waals surface area contributed by atoms with Crippen LogP contribution in [0.2, 0.25) is 0 Å². The van der Waals surface area contributed by atoms with Crippen molar-refractivity contribution in [2.24, 2.45) is 11.3 Å². The monoisotopic (exact) mass is 276 g/mol. The molecule has 0 saturated heterocycles. The Labute approximate surface area is 121 Å². The van der Waals surface area contributed by atoms with E-state index in [9.17, 15) is 4.79 Å². The van der Waals surface area contributed by atoms with Gasteiger partial charge in [0.15, 0.2) is 0 Å². The highest BCUT2D eigenvalue weighted by atomic mass is 16.5. The van der Waals surface area contributed by atoms with Gasteiger partial charge >= 0.3 is 0 Å². The molecule has 3 nitrogen and oxygen atoms in total. The summed E-state index contributed by atoms with van der Waals surface area (Å²) in [6, 6.07) is 10.0. The number of ether oxygens (including phenoxy) is 2. The first kappa shape index (κ1) is 15.2. The molecule has 20 heavy (non-hydrogen) atoms. The topological polar surface area (TPSA) is 35.5 Å². The smallest absolute Gasteiger partial charge is 0.140 e. The Morgan fingerprint density at radius 2 is 1.95 bits per heavy atom. The number of rotatable bonds is 5. The van der Waals surface area contributed by atoms with Crippen LogP contribution < -0.4 is 0 Å². The van der Waals surface area contributed by atoms with Crippen molar-refractivity contribution < 1.29 is 14.3 Å². The van der Waals surface area contributed by atoms with Crippen molar-refractivity contribution in [3.63, 3.8) is 0 Å². The summed E-state index contributed by atoms with van der Waals surface area (Å²) in [5, 5.41) is 0. The number of carbonyl (C=O) groups is 1. The van der Waals surface area contributed by atoms with Crippen molar-refractivity contribution in [3.05, 3.63) is 35.9 Å². The third kappa shape index (κ3) is 3.47. The number of methoxy groups -OCH3 is 1. The van der Waals surface area contributed by atoms with Crippen LogP contribution in [0.25, 0.3) is 0 Å². The van der Waals surface area contributed by atoms with E-state index < -0.39 is 0 Å². The molecule has 0 unspecified atom stereocenters. The molecular formula is C17H24O3. The largest absolute Gasteiger partial charge is 0.380 e. The molecule has 1 aromatic carbocycles. The Morgan fingerprint density at radius 1 is 1.25 bits per heavy atom. The molecule has 1 aliphatic carbocycles. The van der Waals surface area contributed by atoms with Crippen molar-refractivity contribution >= 4 is 5.78 Å². The molecule has 1 aliphatic rings. The number of carbonyl (C=O) groups excluding carboxylic acids is 1. The first-order valence-electron chi connectivity index (χ1n) is 7.22. The Morgan fingerprint density at radius 3 is 2.60 bits per heavy atom. The minimum absolute atomic E-state index is 0.0312. The van der Waals surface area contributed by atoms with E-state index in [0.717, 1.165) is 12.0 Å². The van der Waals surface area contributed by atoms with Gasteiger partial charge in [-0.3, -0.25) is 4.79 Å². The second-order valence-electron chi connectivity index (χ2n) is 6.22. The first-order valence-corrected chi connectivity index (χ1v) is 7.22. The Kier molecular flexibility index (Phi) is 4.95. The summed E-state index contributed by atoms with van der Waals surface area (Å²) in [5.41, 5.74) is 1.16. The second kappa shape index (κ2) is 6.51. The predicted molar refractivity (Wildman–Crippen MR) is 78.4 cm³/mol. The van der Waals surface area contributed by atoms with Crippen molar-refractivity contribution in [2.45, 2.75) is 39.4 Å². The Bertz CT molecular complexity index is 439. The molecule has 0 heterocycles. The lowest BCUT2D eigenvalue weighted by molar-refractivity contribution is -0.145. The number of ketones is 1. The van der Waals surface area contributed by atoms with Crippen LogP contribution in [-0.4, -0.2) is 25.6 Å². The maximum absolute atomic E-state index is 12.1. The predicted octanol–water partition coefficient (Wildman–Crippen LogP) is 3.22. The van der Waals surface area contributed by atoms with Crippen LogP contribution in [0.4, 0.5) is 0 Å². The lowest BCUT2D eigenvalue weighted by Crippen LogP contribution is -2.47. The van der Waals surface area contributed by atoms with Gasteiger partial charge in [0, 0.05) is 13.5 Å². The van der Waals surface area contributed by atoms with Gasteiger partial charge in [-0.1, -0.05) is 44.2 Å². The third-order valence-electron chi connectivity index (χ3n) is 4.23. The molecule has 2 rings (SSSR count). The van der Waals surface area contributed by atoms with E-state index in [1.165, 1.54) is 0 Å². The normalized spacial score (nSPS) is 25.6. The number of benzene rings is 1. The van der Waals surface area contributed by atoms with Crippen molar-refractivity contribution in [1.82, 2.24) is 0 Å². The fraction of sp³-hybridized carbons (Fsp3) is 0.588. The van der Waals surface area contributed by atoms with Gasteiger partial charge in [-0.2, -0.15) is 0 Å². The van der Waals surface area contributed by atoms with Crippen LogP contribution in [0.1, 0.15) is 32.3 Å². The fourth-order valence-corrected chi connectivity index (χ4v) is 3.03. The highest BCUT2D eigenvalue weighted by Crippen LogP contribution is 2.39. The van der Waals surface area contributed by atoms with Crippen LogP contribution in [0, 0.1) is 11.3 Å². The average Bonchev–Trinajstić information content (AvgIpc) is 2.44. The Balaban J connectivity index is 1.94. The van der Waals surface area contributed by atoms with E-state index in [1.54, 1.807) is 7.11 Å². The molecule has 0 amide bonds. The molecule has 3 heteroatoms. The molecule has 1 fully saturated rings. The van der Waals surface area contributed by atoms with Crippen LogP contribution in [0.5, 0.6) is 0 Å². The lowest BCUT2D eigenvalue weighted by Gasteiger charge is -2.41. The molecule has 0 spiro atoms. The summed E-state index contributed by atoms with van der Waals surface area (Å²) >= 11 is 0. The summed E-state index contributed by atoms with van der Waals surface area (Å²) in [6.07, 6.45) is 1.46. The summed E-state index contributed by atoms with van der Waals surface area (Å²) in [5.74, 6) is 0.122. The van der Waals surface area contributed by atoms with Crippen LogP contribution in [-0.2, 0) is 20.9 Å². The molecule has 1 saturated carbocycles. The molecule has 110 valence electrons. The number of hydrogen-bond donors (Lipinski definition) is 0. The van der Waals surface area contributed by atoms with Crippen LogP contribution in [0.15, 0.2) is 30.3 Å². The van der Waals surface area contributed by atoms with Crippen LogP contribution in [0.3, 0.4) is 0 Å². The van der Waals surface area contributed by atoms with Crippen molar-refractivity contribution in [3.8, 4) is 0 Å². The van der Waals surface area contributed by atoms with Crippen molar-refractivity contribution in [2.75, 3.05) is 13.7 Å². The molecule has 1 aromatic rings. The van der Waals surface area contributed by atoms with E-state index in [2.05, 4.69) is 13.8 Å². The summed E-state index contributed by atoms with van der Waals surface area (Å²) in [4.78, 5) is 12.1. The van der Waals surface area contributed by atoms with E-state index in [-0.39, 0.29) is 23.2 Å². The molecule has 0 bridgehead atoms. The summed E-state index contributed by atoms with van der Waals surface area (Å²) < 4.78 is 11.3. The molecule has 0 aromatic heterocycles. The lowest BCUT2D eigenvalue weighted by atomic mass is 9.69. The van der Waals surface area contributed by atoms with Gasteiger partial charge in [0.05, 0.1) is 25.2 Å². The zero-order valence-corrected chi connectivity index (χ0v) is 12.6. The fourth-order valence-electron chi connectivity index (χ4n) is 3.03. The van der Waals surface area contributed by atoms with E-state index in [4.69, 9.17) is 9.47 Å². The van der Waals surface area contributed by atoms with E-state index in [1.807, 2.05) is 30.3 Å². The number of Topliss-reactive ketones (excluding diaryl/α,β-unsaturated/α-hetero) is 1. The highest BCUT2D eigenvalue weighted by Gasteiger charge is 2.43. The maximum atomic E-state index is 12.1. The van der Waals surface area contributed by atoms with E-state index in [0.29, 0.717) is 19.6 Å². The third-order valence-corrected chi connectivity index (χ3v) is 4.23. The summed E-state index contributed by atoms with van der Waals surface area (Å²) in [6.45, 7) is 5.31. The van der Waals surface area contributed by atoms with Gasteiger partial charge in [0.1, 0.15) is 5.78 Å². The molecule has 0 N–H and O–H groups in total. The van der Waals surface area contributed by atoms with Gasteiger partial charge < -0.3 is 9.47 Å². The zero-order chi connectivity index (χ0) is 14.6. The highest BCUT2D eigenvalue weighted by molar-refractivity contribution is 5.82. The minimum atomic E-state index is -0.146. The molecule has 0 aliphatic heterocycles. The number of hydrogen-bond acceptors (Lipinski definition) is 3. The first-order chi connectivity index (χ1) is 9.54. The Hall–Kier alpha value is -1.19. The van der Waals surface area contributed by atoms with Crippen LogP contribution >= 0.6 is 0 Å². The SMILES string of the molecule is CO[C@@H]1[C@@H](COCc2ccccc2)C(=O)CCC1(C)C. The maximum Gasteiger partial charge on any atom is 0.140 e. The standard InChI is InChI=1S/C17H24O3/c1-17(2)10-9-15(18)14(16(17)19-3)12-20-11-13-7-5-4-6-8-13/h4-8,14,16H,9-12H2,1-3H3/t14-,16+/m0/s1. The summed E-state index contributed by atoms with van der Waals surface area (Å²) in [7, 11) is 1.69. The van der Waals surface area contributed by atoms with Crippen molar-refractivity contribution in [1.29, 1.82) is 0 Å². The van der Waals surface area contributed by atoms with Gasteiger partial charge in [0.2, 0.25) is 0 Å². The molecule has 2 atom stereocenters.